The van der Waals surface area contributed by atoms with Gasteiger partial charge in [-0.2, -0.15) is 0 Å². The van der Waals surface area contributed by atoms with Crippen molar-refractivity contribution in [3.05, 3.63) is 47.5 Å². The standard InChI is InChI=1S/C27H37NO3/c1-18-7-6-10-21-16-23-24(25(29)27(18,21)2)22(26(30)31-23)17-28-13-11-20(12-14-28)15-19-8-4-3-5-9-19/h3-5,8-10,18,20,22-25,29H,6-7,11-17H2,1-2H3/p+1/t18-,22+,23+,24+,25-,27+/m0/s1. The highest BCUT2D eigenvalue weighted by molar-refractivity contribution is 5.76. The second-order valence-electron chi connectivity index (χ2n) is 10.9. The Balaban J connectivity index is 1.24. The molecular weight excluding hydrogens is 386 g/mol. The first kappa shape index (κ1) is 21.2. The van der Waals surface area contributed by atoms with E-state index in [4.69, 9.17) is 4.74 Å². The molecule has 2 aliphatic carbocycles. The van der Waals surface area contributed by atoms with Gasteiger partial charge in [-0.05, 0) is 49.5 Å². The van der Waals surface area contributed by atoms with Crippen molar-refractivity contribution >= 4 is 5.97 Å². The van der Waals surface area contributed by atoms with Crippen molar-refractivity contribution in [2.45, 2.75) is 64.6 Å². The third kappa shape index (κ3) is 3.76. The van der Waals surface area contributed by atoms with Crippen LogP contribution in [-0.4, -0.2) is 42.9 Å². The number of quaternary nitrogens is 1. The van der Waals surface area contributed by atoms with Crippen molar-refractivity contribution in [1.82, 2.24) is 0 Å². The average Bonchev–Trinajstić information content (AvgIpc) is 3.07. The number of aliphatic hydroxyl groups is 1. The lowest BCUT2D eigenvalue weighted by molar-refractivity contribution is -0.909. The molecule has 0 spiro atoms. The van der Waals surface area contributed by atoms with Crippen LogP contribution in [0.5, 0.6) is 0 Å². The van der Waals surface area contributed by atoms with Gasteiger partial charge in [-0.25, -0.2) is 0 Å². The Hall–Kier alpha value is -1.65. The molecule has 2 N–H and O–H groups in total. The average molecular weight is 425 g/mol. The predicted octanol–water partition coefficient (Wildman–Crippen LogP) is 2.81. The molecule has 1 aromatic rings. The molecule has 6 atom stereocenters. The summed E-state index contributed by atoms with van der Waals surface area (Å²) >= 11 is 0. The molecular formula is C27H38NO3+. The molecule has 31 heavy (non-hydrogen) atoms. The van der Waals surface area contributed by atoms with Crippen molar-refractivity contribution in [2.75, 3.05) is 19.6 Å². The van der Waals surface area contributed by atoms with E-state index in [0.717, 1.165) is 51.2 Å². The van der Waals surface area contributed by atoms with Gasteiger partial charge in [0, 0.05) is 17.8 Å². The summed E-state index contributed by atoms with van der Waals surface area (Å²) in [6.45, 7) is 7.55. The fraction of sp³-hybridized carbons (Fsp3) is 0.667. The lowest BCUT2D eigenvalue weighted by atomic mass is 9.55. The van der Waals surface area contributed by atoms with Gasteiger partial charge < -0.3 is 14.7 Å². The molecule has 1 saturated carbocycles. The molecule has 2 saturated heterocycles. The number of esters is 1. The molecule has 0 amide bonds. The van der Waals surface area contributed by atoms with Gasteiger partial charge >= 0.3 is 5.97 Å². The molecule has 168 valence electrons. The maximum Gasteiger partial charge on any atom is 0.315 e. The van der Waals surface area contributed by atoms with Crippen LogP contribution in [0.25, 0.3) is 0 Å². The number of carbonyl (C=O) groups is 1. The number of likely N-dealkylation sites (tertiary alicyclic amines) is 1. The quantitative estimate of drug-likeness (QED) is 0.577. The molecule has 2 aliphatic heterocycles. The summed E-state index contributed by atoms with van der Waals surface area (Å²) in [5, 5.41) is 11.5. The zero-order valence-electron chi connectivity index (χ0n) is 19.1. The number of carbonyl (C=O) groups excluding carboxylic acids is 1. The van der Waals surface area contributed by atoms with Crippen LogP contribution in [0.15, 0.2) is 42.0 Å². The van der Waals surface area contributed by atoms with E-state index in [1.165, 1.54) is 28.9 Å². The second kappa shape index (κ2) is 8.37. The van der Waals surface area contributed by atoms with Gasteiger partial charge in [0.05, 0.1) is 25.7 Å². The Labute approximate surface area is 186 Å². The second-order valence-corrected chi connectivity index (χ2v) is 10.9. The minimum Gasteiger partial charge on any atom is -0.461 e. The molecule has 0 unspecified atom stereocenters. The topological polar surface area (TPSA) is 51.0 Å². The summed E-state index contributed by atoms with van der Waals surface area (Å²) in [6.07, 6.45) is 8.29. The van der Waals surface area contributed by atoms with Crippen LogP contribution < -0.4 is 4.90 Å². The molecule has 0 bridgehead atoms. The molecule has 4 aliphatic rings. The van der Waals surface area contributed by atoms with Crippen LogP contribution >= 0.6 is 0 Å². The number of allylic oxidation sites excluding steroid dienone is 1. The van der Waals surface area contributed by atoms with E-state index in [1.54, 1.807) is 0 Å². The lowest BCUT2D eigenvalue weighted by Crippen LogP contribution is -3.14. The number of benzene rings is 1. The molecule has 0 radical (unpaired) electrons. The summed E-state index contributed by atoms with van der Waals surface area (Å²) in [7, 11) is 0. The first-order valence-corrected chi connectivity index (χ1v) is 12.4. The largest absolute Gasteiger partial charge is 0.461 e. The van der Waals surface area contributed by atoms with Crippen LogP contribution in [-0.2, 0) is 16.0 Å². The minimum atomic E-state index is -0.487. The predicted molar refractivity (Wildman–Crippen MR) is 121 cm³/mol. The SMILES string of the molecule is C[C@H]1CCC=C2C[C@H]3OC(=O)[C@H](C[NH+]4CCC(Cc5ccccc5)CC4)[C@H]3[C@H](O)[C@@]21C. The Kier molecular flexibility index (Phi) is 5.72. The van der Waals surface area contributed by atoms with E-state index in [0.29, 0.717) is 5.92 Å². The number of rotatable bonds is 4. The monoisotopic (exact) mass is 424 g/mol. The van der Waals surface area contributed by atoms with Gasteiger partial charge in [0.1, 0.15) is 12.0 Å². The Bertz CT molecular complexity index is 828. The van der Waals surface area contributed by atoms with Gasteiger partial charge in [0.15, 0.2) is 0 Å². The fourth-order valence-electron chi connectivity index (χ4n) is 7.05. The van der Waals surface area contributed by atoms with Crippen molar-refractivity contribution in [3.8, 4) is 0 Å². The normalized spacial score (nSPS) is 42.4. The van der Waals surface area contributed by atoms with Crippen molar-refractivity contribution in [3.63, 3.8) is 0 Å². The minimum absolute atomic E-state index is 0.0512. The molecule has 2 heterocycles. The summed E-state index contributed by atoms with van der Waals surface area (Å²) in [6, 6.07) is 10.8. The third-order valence-corrected chi connectivity index (χ3v) is 9.26. The van der Waals surface area contributed by atoms with Crippen LogP contribution in [0, 0.1) is 29.1 Å². The smallest absolute Gasteiger partial charge is 0.315 e. The Morgan fingerprint density at radius 3 is 2.65 bits per heavy atom. The number of hydrogen-bond donors (Lipinski definition) is 2. The summed E-state index contributed by atoms with van der Waals surface area (Å²) in [5.74, 6) is 0.909. The first-order valence-electron chi connectivity index (χ1n) is 12.4. The van der Waals surface area contributed by atoms with E-state index >= 15 is 0 Å². The molecule has 4 heteroatoms. The van der Waals surface area contributed by atoms with E-state index in [2.05, 4.69) is 50.3 Å². The number of fused-ring (bicyclic) bond motifs is 2. The highest BCUT2D eigenvalue weighted by Crippen LogP contribution is 2.55. The van der Waals surface area contributed by atoms with Crippen molar-refractivity contribution in [1.29, 1.82) is 0 Å². The third-order valence-electron chi connectivity index (χ3n) is 9.26. The van der Waals surface area contributed by atoms with Crippen LogP contribution in [0.2, 0.25) is 0 Å². The lowest BCUT2D eigenvalue weighted by Gasteiger charge is -2.51. The maximum absolute atomic E-state index is 12.9. The highest BCUT2D eigenvalue weighted by Gasteiger charge is 2.60. The van der Waals surface area contributed by atoms with Crippen LogP contribution in [0.1, 0.15) is 51.5 Å². The number of nitrogens with one attached hydrogen (secondary N) is 1. The van der Waals surface area contributed by atoms with E-state index in [9.17, 15) is 9.90 Å². The Morgan fingerprint density at radius 1 is 1.16 bits per heavy atom. The zero-order chi connectivity index (χ0) is 21.6. The Morgan fingerprint density at radius 2 is 1.90 bits per heavy atom. The molecule has 3 fully saturated rings. The van der Waals surface area contributed by atoms with Gasteiger partial charge in [-0.1, -0.05) is 55.8 Å². The fourth-order valence-corrected chi connectivity index (χ4v) is 7.05. The van der Waals surface area contributed by atoms with Gasteiger partial charge in [0.2, 0.25) is 0 Å². The summed E-state index contributed by atoms with van der Waals surface area (Å²) < 4.78 is 5.87. The van der Waals surface area contributed by atoms with E-state index in [-0.39, 0.29) is 29.3 Å². The van der Waals surface area contributed by atoms with Crippen LogP contribution in [0.3, 0.4) is 0 Å². The molecule has 1 aromatic carbocycles. The maximum atomic E-state index is 12.9. The summed E-state index contributed by atoms with van der Waals surface area (Å²) in [4.78, 5) is 14.4. The number of aliphatic hydroxyl groups excluding tert-OH is 1. The molecule has 4 nitrogen and oxygen atoms in total. The van der Waals surface area contributed by atoms with Gasteiger partial charge in [-0.15, -0.1) is 0 Å². The highest BCUT2D eigenvalue weighted by atomic mass is 16.6. The van der Waals surface area contributed by atoms with Crippen molar-refractivity contribution < 1.29 is 19.5 Å². The number of piperidine rings is 1. The number of ether oxygens (including phenoxy) is 1. The number of hydrogen-bond acceptors (Lipinski definition) is 3. The van der Waals surface area contributed by atoms with Gasteiger partial charge in [-0.3, -0.25) is 4.79 Å². The zero-order valence-corrected chi connectivity index (χ0v) is 19.1. The van der Waals surface area contributed by atoms with E-state index in [1.807, 2.05) is 0 Å². The molecule has 5 rings (SSSR count). The van der Waals surface area contributed by atoms with Crippen molar-refractivity contribution in [2.24, 2.45) is 29.1 Å². The first-order chi connectivity index (χ1) is 15.0. The van der Waals surface area contributed by atoms with Gasteiger partial charge in [0.25, 0.3) is 0 Å². The van der Waals surface area contributed by atoms with Crippen LogP contribution in [0.4, 0.5) is 0 Å². The summed E-state index contributed by atoms with van der Waals surface area (Å²) in [5.41, 5.74) is 2.55. The molecule has 0 aromatic heterocycles. The van der Waals surface area contributed by atoms with E-state index < -0.39 is 6.10 Å².